The van der Waals surface area contributed by atoms with Gasteiger partial charge in [0, 0.05) is 16.2 Å². The highest BCUT2D eigenvalue weighted by Gasteiger charge is 2.33. The molecule has 1 aromatic heterocycles. The Bertz CT molecular complexity index is 482. The Morgan fingerprint density at radius 3 is 2.59 bits per heavy atom. The van der Waals surface area contributed by atoms with E-state index in [0.717, 1.165) is 0 Å². The molecule has 4 nitrogen and oxygen atoms in total. The number of nitrogens with one attached hydrogen (secondary N) is 1. The lowest BCUT2D eigenvalue weighted by Gasteiger charge is -2.06. The van der Waals surface area contributed by atoms with Crippen molar-refractivity contribution in [2.75, 3.05) is 0 Å². The normalized spacial score (nSPS) is 12.6. The fraction of sp³-hybridized carbons (Fsp3) is 0.222. The highest BCUT2D eigenvalue weighted by atomic mass is 79.9. The molecule has 0 bridgehead atoms. The van der Waals surface area contributed by atoms with Crippen molar-refractivity contribution in [3.8, 4) is 0 Å². The number of rotatable bonds is 1. The third kappa shape index (κ3) is 3.52. The molecule has 0 atom stereocenters. The fourth-order valence-corrected chi connectivity index (χ4v) is 1.23. The van der Waals surface area contributed by atoms with E-state index in [1.807, 2.05) is 0 Å². The number of nitrogens with zero attached hydrogens (tertiary/aromatic N) is 2. The van der Waals surface area contributed by atoms with E-state index in [9.17, 15) is 13.2 Å². The molecule has 92 valence electrons. The molecule has 0 aliphatic rings. The van der Waals surface area contributed by atoms with Crippen LogP contribution in [-0.4, -0.2) is 22.8 Å². The van der Waals surface area contributed by atoms with Crippen LogP contribution in [-0.2, 0) is 0 Å². The van der Waals surface area contributed by atoms with Gasteiger partial charge in [-0.15, -0.1) is 0 Å². The van der Waals surface area contributed by atoms with Crippen molar-refractivity contribution in [2.24, 2.45) is 10.7 Å². The monoisotopic (exact) mass is 308 g/mol. The maximum atomic E-state index is 12.1. The van der Waals surface area contributed by atoms with Crippen molar-refractivity contribution in [1.29, 1.82) is 5.41 Å². The van der Waals surface area contributed by atoms with Crippen LogP contribution in [0.5, 0.6) is 0 Å². The molecule has 1 rings (SSSR count). The standard InChI is InChI=1S/C9H8BrF3N4/c1-4-6(10)2-5(3-16-4)7(14)17-8(15)9(11,12)13/h2-3H,1H3,(H3,14,15,17). The molecule has 0 saturated heterocycles. The minimum absolute atomic E-state index is 0.148. The van der Waals surface area contributed by atoms with Gasteiger partial charge < -0.3 is 5.73 Å². The predicted molar refractivity (Wildman–Crippen MR) is 61.2 cm³/mol. The molecule has 1 heterocycles. The first-order valence-electron chi connectivity index (χ1n) is 4.34. The van der Waals surface area contributed by atoms with Crippen LogP contribution in [0.1, 0.15) is 11.3 Å². The number of hydrogen-bond acceptors (Lipinski definition) is 2. The Kier molecular flexibility index (Phi) is 3.87. The zero-order chi connectivity index (χ0) is 13.2. The molecule has 0 unspecified atom stereocenters. The summed E-state index contributed by atoms with van der Waals surface area (Å²) < 4.78 is 36.9. The molecule has 0 radical (unpaired) electrons. The van der Waals surface area contributed by atoms with Gasteiger partial charge in [-0.1, -0.05) is 0 Å². The van der Waals surface area contributed by atoms with Gasteiger partial charge in [0.2, 0.25) is 5.84 Å². The van der Waals surface area contributed by atoms with Crippen LogP contribution < -0.4 is 5.73 Å². The van der Waals surface area contributed by atoms with Crippen LogP contribution in [0.4, 0.5) is 13.2 Å². The zero-order valence-corrected chi connectivity index (χ0v) is 10.2. The third-order valence-electron chi connectivity index (χ3n) is 1.82. The Balaban J connectivity index is 3.02. The molecule has 0 aromatic carbocycles. The summed E-state index contributed by atoms with van der Waals surface area (Å²) in [5, 5.41) is 7.38. The van der Waals surface area contributed by atoms with Crippen molar-refractivity contribution in [3.63, 3.8) is 0 Å². The minimum atomic E-state index is -4.73. The van der Waals surface area contributed by atoms with E-state index >= 15 is 0 Å². The lowest BCUT2D eigenvalue weighted by atomic mass is 10.2. The Hall–Kier alpha value is -1.44. The highest BCUT2D eigenvalue weighted by molar-refractivity contribution is 9.10. The number of alkyl halides is 3. The number of aliphatic imine (C=N–C) groups is 1. The lowest BCUT2D eigenvalue weighted by Crippen LogP contribution is -2.32. The summed E-state index contributed by atoms with van der Waals surface area (Å²) >= 11 is 3.16. The van der Waals surface area contributed by atoms with Crippen molar-refractivity contribution < 1.29 is 13.2 Å². The van der Waals surface area contributed by atoms with Crippen LogP contribution in [0.3, 0.4) is 0 Å². The average Bonchev–Trinajstić information content (AvgIpc) is 2.20. The molecule has 0 saturated carbocycles. The molecule has 17 heavy (non-hydrogen) atoms. The molecule has 0 aliphatic carbocycles. The van der Waals surface area contributed by atoms with Gasteiger partial charge in [-0.3, -0.25) is 10.4 Å². The van der Waals surface area contributed by atoms with Gasteiger partial charge in [0.25, 0.3) is 0 Å². The molecule has 0 aliphatic heterocycles. The van der Waals surface area contributed by atoms with Crippen LogP contribution in [0, 0.1) is 12.3 Å². The second-order valence-electron chi connectivity index (χ2n) is 3.13. The maximum Gasteiger partial charge on any atom is 0.449 e. The summed E-state index contributed by atoms with van der Waals surface area (Å²) in [6.07, 6.45) is -3.47. The summed E-state index contributed by atoms with van der Waals surface area (Å²) in [4.78, 5) is 6.87. The van der Waals surface area contributed by atoms with E-state index < -0.39 is 17.8 Å². The summed E-state index contributed by atoms with van der Waals surface area (Å²) in [7, 11) is 0. The number of aryl methyl sites for hydroxylation is 1. The van der Waals surface area contributed by atoms with Gasteiger partial charge >= 0.3 is 6.18 Å². The van der Waals surface area contributed by atoms with E-state index in [0.29, 0.717) is 10.2 Å². The minimum Gasteiger partial charge on any atom is -0.380 e. The van der Waals surface area contributed by atoms with Crippen molar-refractivity contribution in [3.05, 3.63) is 28.0 Å². The van der Waals surface area contributed by atoms with Crippen LogP contribution in [0.2, 0.25) is 0 Å². The van der Waals surface area contributed by atoms with E-state index in [-0.39, 0.29) is 5.56 Å². The van der Waals surface area contributed by atoms with Crippen molar-refractivity contribution in [2.45, 2.75) is 13.1 Å². The Morgan fingerprint density at radius 2 is 2.12 bits per heavy atom. The predicted octanol–water partition coefficient (Wildman–Crippen LogP) is 2.40. The van der Waals surface area contributed by atoms with Gasteiger partial charge in [0.05, 0.1) is 5.69 Å². The molecular weight excluding hydrogens is 301 g/mol. The van der Waals surface area contributed by atoms with Gasteiger partial charge in [0.15, 0.2) is 5.84 Å². The van der Waals surface area contributed by atoms with Crippen LogP contribution in [0.15, 0.2) is 21.7 Å². The van der Waals surface area contributed by atoms with E-state index in [4.69, 9.17) is 11.1 Å². The molecule has 3 N–H and O–H groups in total. The smallest absolute Gasteiger partial charge is 0.380 e. The Labute approximate surface area is 103 Å². The first-order chi connectivity index (χ1) is 7.71. The molecule has 1 aromatic rings. The number of nitrogens with two attached hydrogens (primary N) is 1. The second kappa shape index (κ2) is 4.82. The SMILES string of the molecule is Cc1ncc(C(=N)N=C(N)C(F)(F)F)cc1Br. The maximum absolute atomic E-state index is 12.1. The number of pyridine rings is 1. The molecule has 8 heteroatoms. The number of amidine groups is 2. The van der Waals surface area contributed by atoms with Crippen molar-refractivity contribution >= 4 is 27.6 Å². The zero-order valence-electron chi connectivity index (χ0n) is 8.64. The second-order valence-corrected chi connectivity index (χ2v) is 3.99. The highest BCUT2D eigenvalue weighted by Crippen LogP contribution is 2.17. The molecule has 0 amide bonds. The summed E-state index contributed by atoms with van der Waals surface area (Å²) in [5.41, 5.74) is 5.52. The quantitative estimate of drug-likeness (QED) is 0.617. The van der Waals surface area contributed by atoms with Gasteiger partial charge in [0.1, 0.15) is 0 Å². The topological polar surface area (TPSA) is 75.1 Å². The van der Waals surface area contributed by atoms with E-state index in [2.05, 4.69) is 25.9 Å². The lowest BCUT2D eigenvalue weighted by molar-refractivity contribution is -0.0597. The summed E-state index contributed by atoms with van der Waals surface area (Å²) in [6, 6.07) is 1.46. The van der Waals surface area contributed by atoms with E-state index in [1.165, 1.54) is 12.3 Å². The summed E-state index contributed by atoms with van der Waals surface area (Å²) in [5.74, 6) is -2.15. The van der Waals surface area contributed by atoms with Gasteiger partial charge in [-0.25, -0.2) is 4.99 Å². The number of halogens is 4. The molecular formula is C9H8BrF3N4. The summed E-state index contributed by atoms with van der Waals surface area (Å²) in [6.45, 7) is 1.71. The fourth-order valence-electron chi connectivity index (χ4n) is 0.884. The number of hydrogen-bond donors (Lipinski definition) is 2. The average molecular weight is 309 g/mol. The molecule has 0 fully saturated rings. The van der Waals surface area contributed by atoms with E-state index in [1.54, 1.807) is 6.92 Å². The largest absolute Gasteiger partial charge is 0.449 e. The first kappa shape index (κ1) is 13.6. The Morgan fingerprint density at radius 1 is 1.53 bits per heavy atom. The van der Waals surface area contributed by atoms with Gasteiger partial charge in [-0.2, -0.15) is 13.2 Å². The van der Waals surface area contributed by atoms with Gasteiger partial charge in [-0.05, 0) is 28.9 Å². The first-order valence-corrected chi connectivity index (χ1v) is 5.13. The van der Waals surface area contributed by atoms with Crippen molar-refractivity contribution in [1.82, 2.24) is 4.98 Å². The number of aromatic nitrogens is 1. The van der Waals surface area contributed by atoms with Crippen LogP contribution >= 0.6 is 15.9 Å². The van der Waals surface area contributed by atoms with Crippen LogP contribution in [0.25, 0.3) is 0 Å². The molecule has 0 spiro atoms. The third-order valence-corrected chi connectivity index (χ3v) is 2.62.